The molecule has 0 aliphatic carbocycles. The van der Waals surface area contributed by atoms with E-state index < -0.39 is 0 Å². The van der Waals surface area contributed by atoms with Crippen molar-refractivity contribution in [1.82, 2.24) is 4.98 Å². The molecule has 1 atom stereocenters. The predicted molar refractivity (Wildman–Crippen MR) is 71.7 cm³/mol. The monoisotopic (exact) mass is 232 g/mol. The SMILES string of the molecule is CCSCC(N)c1cccc2ncccc12. The number of thioether (sulfide) groups is 1. The Morgan fingerprint density at radius 1 is 1.31 bits per heavy atom. The molecule has 1 unspecified atom stereocenters. The van der Waals surface area contributed by atoms with Gasteiger partial charge < -0.3 is 5.73 Å². The molecule has 1 aromatic heterocycles. The average molecular weight is 232 g/mol. The maximum Gasteiger partial charge on any atom is 0.0705 e. The first-order valence-corrected chi connectivity index (χ1v) is 6.65. The summed E-state index contributed by atoms with van der Waals surface area (Å²) >= 11 is 1.87. The van der Waals surface area contributed by atoms with Crippen molar-refractivity contribution >= 4 is 22.7 Å². The summed E-state index contributed by atoms with van der Waals surface area (Å²) in [5.74, 6) is 2.07. The lowest BCUT2D eigenvalue weighted by atomic mass is 10.0. The summed E-state index contributed by atoms with van der Waals surface area (Å²) in [6.07, 6.45) is 1.82. The van der Waals surface area contributed by atoms with Crippen molar-refractivity contribution in [3.05, 3.63) is 42.1 Å². The first-order valence-electron chi connectivity index (χ1n) is 5.50. The third-order valence-electron chi connectivity index (χ3n) is 2.58. The highest BCUT2D eigenvalue weighted by Gasteiger charge is 2.09. The number of nitrogens with zero attached hydrogens (tertiary/aromatic N) is 1. The highest BCUT2D eigenvalue weighted by Crippen LogP contribution is 2.23. The van der Waals surface area contributed by atoms with Gasteiger partial charge in [-0.15, -0.1) is 0 Å². The minimum atomic E-state index is 0.0952. The number of benzene rings is 1. The molecule has 0 spiro atoms. The normalized spacial score (nSPS) is 12.9. The molecule has 84 valence electrons. The van der Waals surface area contributed by atoms with Gasteiger partial charge in [-0.05, 0) is 23.4 Å². The van der Waals surface area contributed by atoms with Gasteiger partial charge in [0.15, 0.2) is 0 Å². The number of pyridine rings is 1. The predicted octanol–water partition coefficient (Wildman–Crippen LogP) is 2.99. The Kier molecular flexibility index (Phi) is 3.80. The summed E-state index contributed by atoms with van der Waals surface area (Å²) in [4.78, 5) is 4.34. The van der Waals surface area contributed by atoms with E-state index in [0.29, 0.717) is 0 Å². The van der Waals surface area contributed by atoms with E-state index >= 15 is 0 Å². The van der Waals surface area contributed by atoms with E-state index in [2.05, 4.69) is 24.0 Å². The van der Waals surface area contributed by atoms with E-state index in [1.807, 2.05) is 36.2 Å². The molecule has 1 heterocycles. The quantitative estimate of drug-likeness (QED) is 0.880. The Morgan fingerprint density at radius 2 is 2.19 bits per heavy atom. The van der Waals surface area contributed by atoms with Crippen LogP contribution in [0.2, 0.25) is 0 Å². The van der Waals surface area contributed by atoms with Crippen molar-refractivity contribution in [3.63, 3.8) is 0 Å². The van der Waals surface area contributed by atoms with Crippen molar-refractivity contribution < 1.29 is 0 Å². The van der Waals surface area contributed by atoms with Crippen molar-refractivity contribution in [1.29, 1.82) is 0 Å². The van der Waals surface area contributed by atoms with Crippen LogP contribution in [0.5, 0.6) is 0 Å². The minimum Gasteiger partial charge on any atom is -0.323 e. The van der Waals surface area contributed by atoms with Gasteiger partial charge >= 0.3 is 0 Å². The van der Waals surface area contributed by atoms with E-state index in [1.165, 1.54) is 10.9 Å². The van der Waals surface area contributed by atoms with E-state index in [9.17, 15) is 0 Å². The molecular formula is C13H16N2S. The van der Waals surface area contributed by atoms with Crippen LogP contribution < -0.4 is 5.73 Å². The second-order valence-corrected chi connectivity index (χ2v) is 5.00. The second-order valence-electron chi connectivity index (χ2n) is 3.68. The van der Waals surface area contributed by atoms with Crippen molar-refractivity contribution in [2.45, 2.75) is 13.0 Å². The van der Waals surface area contributed by atoms with Gasteiger partial charge in [-0.3, -0.25) is 4.98 Å². The standard InChI is InChI=1S/C13H16N2S/c1-2-16-9-12(14)10-5-3-7-13-11(10)6-4-8-15-13/h3-8,12H,2,9,14H2,1H3. The lowest BCUT2D eigenvalue weighted by molar-refractivity contribution is 0.840. The zero-order valence-electron chi connectivity index (χ0n) is 9.39. The largest absolute Gasteiger partial charge is 0.323 e. The average Bonchev–Trinajstić information content (AvgIpc) is 2.35. The van der Waals surface area contributed by atoms with E-state index in [4.69, 9.17) is 5.73 Å². The third kappa shape index (κ3) is 2.36. The van der Waals surface area contributed by atoms with E-state index in [-0.39, 0.29) is 6.04 Å². The number of fused-ring (bicyclic) bond motifs is 1. The van der Waals surface area contributed by atoms with Gasteiger partial charge in [-0.25, -0.2) is 0 Å². The lowest BCUT2D eigenvalue weighted by Crippen LogP contribution is -2.13. The summed E-state index contributed by atoms with van der Waals surface area (Å²) in [6, 6.07) is 10.3. The lowest BCUT2D eigenvalue weighted by Gasteiger charge is -2.13. The number of aromatic nitrogens is 1. The molecule has 2 aromatic rings. The Hall–Kier alpha value is -1.06. The Balaban J connectivity index is 2.36. The molecule has 2 nitrogen and oxygen atoms in total. The van der Waals surface area contributed by atoms with Gasteiger partial charge in [0.05, 0.1) is 5.52 Å². The number of rotatable bonds is 4. The van der Waals surface area contributed by atoms with E-state index in [0.717, 1.165) is 17.0 Å². The highest BCUT2D eigenvalue weighted by molar-refractivity contribution is 7.99. The fourth-order valence-electron chi connectivity index (χ4n) is 1.79. The van der Waals surface area contributed by atoms with Crippen LogP contribution >= 0.6 is 11.8 Å². The third-order valence-corrected chi connectivity index (χ3v) is 3.58. The van der Waals surface area contributed by atoms with Gasteiger partial charge in [-0.2, -0.15) is 11.8 Å². The van der Waals surface area contributed by atoms with E-state index in [1.54, 1.807) is 0 Å². The van der Waals surface area contributed by atoms with Crippen LogP contribution in [0.4, 0.5) is 0 Å². The smallest absolute Gasteiger partial charge is 0.0705 e. The molecule has 0 amide bonds. The van der Waals surface area contributed by atoms with Crippen LogP contribution in [0.15, 0.2) is 36.5 Å². The molecule has 0 saturated heterocycles. The Labute approximate surface area is 100 Å². The fourth-order valence-corrected chi connectivity index (χ4v) is 2.45. The summed E-state index contributed by atoms with van der Waals surface area (Å²) in [5.41, 5.74) is 8.42. The molecule has 0 saturated carbocycles. The number of nitrogens with two attached hydrogens (primary N) is 1. The molecule has 0 fully saturated rings. The second kappa shape index (κ2) is 5.32. The van der Waals surface area contributed by atoms with Crippen LogP contribution in [0.1, 0.15) is 18.5 Å². The molecule has 1 aromatic carbocycles. The fraction of sp³-hybridized carbons (Fsp3) is 0.308. The highest BCUT2D eigenvalue weighted by atomic mass is 32.2. The molecule has 2 N–H and O–H groups in total. The molecule has 3 heteroatoms. The van der Waals surface area contributed by atoms with Gasteiger partial charge in [0, 0.05) is 23.4 Å². The van der Waals surface area contributed by atoms with Crippen LogP contribution in [-0.4, -0.2) is 16.5 Å². The summed E-state index contributed by atoms with van der Waals surface area (Å²) in [6.45, 7) is 2.15. The first kappa shape index (κ1) is 11.4. The van der Waals surface area contributed by atoms with Crippen molar-refractivity contribution in [2.24, 2.45) is 5.73 Å². The van der Waals surface area contributed by atoms with Gasteiger partial charge in [0.25, 0.3) is 0 Å². The maximum atomic E-state index is 6.20. The van der Waals surface area contributed by atoms with Crippen LogP contribution in [0.25, 0.3) is 10.9 Å². The van der Waals surface area contributed by atoms with Crippen molar-refractivity contribution in [2.75, 3.05) is 11.5 Å². The molecular weight excluding hydrogens is 216 g/mol. The zero-order valence-corrected chi connectivity index (χ0v) is 10.2. The topological polar surface area (TPSA) is 38.9 Å². The Morgan fingerprint density at radius 3 is 3.00 bits per heavy atom. The van der Waals surface area contributed by atoms with Gasteiger partial charge in [0.2, 0.25) is 0 Å². The maximum absolute atomic E-state index is 6.20. The zero-order chi connectivity index (χ0) is 11.4. The number of hydrogen-bond acceptors (Lipinski definition) is 3. The van der Waals surface area contributed by atoms with Crippen molar-refractivity contribution in [3.8, 4) is 0 Å². The molecule has 0 aliphatic rings. The molecule has 0 radical (unpaired) electrons. The molecule has 0 bridgehead atoms. The molecule has 2 rings (SSSR count). The summed E-state index contributed by atoms with van der Waals surface area (Å²) in [5, 5.41) is 1.18. The van der Waals surface area contributed by atoms with Crippen LogP contribution in [-0.2, 0) is 0 Å². The summed E-state index contributed by atoms with van der Waals surface area (Å²) < 4.78 is 0. The van der Waals surface area contributed by atoms with Gasteiger partial charge in [-0.1, -0.05) is 25.1 Å². The number of hydrogen-bond donors (Lipinski definition) is 1. The Bertz CT molecular complexity index is 465. The van der Waals surface area contributed by atoms with Gasteiger partial charge in [0.1, 0.15) is 0 Å². The first-order chi connectivity index (χ1) is 7.83. The molecule has 0 aliphatic heterocycles. The van der Waals surface area contributed by atoms with Crippen LogP contribution in [0, 0.1) is 0 Å². The summed E-state index contributed by atoms with van der Waals surface area (Å²) in [7, 11) is 0. The van der Waals surface area contributed by atoms with Crippen LogP contribution in [0.3, 0.4) is 0 Å². The minimum absolute atomic E-state index is 0.0952. The molecule has 16 heavy (non-hydrogen) atoms.